The van der Waals surface area contributed by atoms with Crippen LogP contribution in [0.4, 0.5) is 10.5 Å². The first kappa shape index (κ1) is 14.4. The van der Waals surface area contributed by atoms with Crippen molar-refractivity contribution in [1.82, 2.24) is 15.1 Å². The number of hydrogen-bond donors (Lipinski definition) is 3. The van der Waals surface area contributed by atoms with Gasteiger partial charge in [-0.3, -0.25) is 9.48 Å². The van der Waals surface area contributed by atoms with Crippen LogP contribution >= 0.6 is 0 Å². The van der Waals surface area contributed by atoms with Crippen molar-refractivity contribution in [3.63, 3.8) is 0 Å². The van der Waals surface area contributed by atoms with Crippen molar-refractivity contribution in [3.8, 4) is 0 Å². The van der Waals surface area contributed by atoms with Crippen LogP contribution in [0.25, 0.3) is 0 Å². The third-order valence-corrected chi connectivity index (χ3v) is 3.61. The lowest BCUT2D eigenvalue weighted by atomic mass is 10.1. The first-order valence-electron chi connectivity index (χ1n) is 6.82. The van der Waals surface area contributed by atoms with Gasteiger partial charge in [-0.2, -0.15) is 5.10 Å². The Labute approximate surface area is 117 Å². The standard InChI is InChI=1S/C13H20N4O3/c1-3-10-11(7-17(2)16-10)15-13(20)14-9-5-4-8(6-9)12(18)19/h7-9H,3-6H2,1-2H3,(H,18,19)(H2,14,15,20)/t8-,9+/m1/s1. The summed E-state index contributed by atoms with van der Waals surface area (Å²) >= 11 is 0. The summed E-state index contributed by atoms with van der Waals surface area (Å²) in [5.41, 5.74) is 1.53. The monoisotopic (exact) mass is 280 g/mol. The zero-order valence-electron chi connectivity index (χ0n) is 11.7. The maximum atomic E-state index is 11.9. The van der Waals surface area contributed by atoms with Crippen LogP contribution in [-0.4, -0.2) is 32.9 Å². The quantitative estimate of drug-likeness (QED) is 0.775. The Balaban J connectivity index is 1.88. The minimum absolute atomic E-state index is 0.0714. The molecule has 1 aliphatic rings. The number of carbonyl (C=O) groups is 2. The number of rotatable bonds is 4. The Kier molecular flexibility index (Phi) is 4.26. The average molecular weight is 280 g/mol. The lowest BCUT2D eigenvalue weighted by Gasteiger charge is -2.13. The van der Waals surface area contributed by atoms with Crippen molar-refractivity contribution in [2.75, 3.05) is 5.32 Å². The van der Waals surface area contributed by atoms with Crippen molar-refractivity contribution in [1.29, 1.82) is 0 Å². The van der Waals surface area contributed by atoms with E-state index in [1.165, 1.54) is 0 Å². The van der Waals surface area contributed by atoms with Gasteiger partial charge in [0.1, 0.15) is 0 Å². The molecule has 7 nitrogen and oxygen atoms in total. The number of carboxylic acid groups (broad SMARTS) is 1. The summed E-state index contributed by atoms with van der Waals surface area (Å²) in [5, 5.41) is 18.8. The maximum absolute atomic E-state index is 11.9. The van der Waals surface area contributed by atoms with Gasteiger partial charge in [0, 0.05) is 19.3 Å². The number of carboxylic acids is 1. The summed E-state index contributed by atoms with van der Waals surface area (Å²) in [6.07, 6.45) is 4.32. The normalized spacial score (nSPS) is 21.7. The van der Waals surface area contributed by atoms with Gasteiger partial charge in [-0.05, 0) is 25.7 Å². The number of aromatic nitrogens is 2. The molecule has 110 valence electrons. The van der Waals surface area contributed by atoms with E-state index in [1.54, 1.807) is 17.9 Å². The molecule has 0 aliphatic heterocycles. The van der Waals surface area contributed by atoms with Gasteiger partial charge < -0.3 is 15.7 Å². The fourth-order valence-electron chi connectivity index (χ4n) is 2.58. The predicted octanol–water partition coefficient (Wildman–Crippen LogP) is 1.36. The Morgan fingerprint density at radius 2 is 2.25 bits per heavy atom. The molecule has 0 unspecified atom stereocenters. The molecule has 1 saturated carbocycles. The summed E-state index contributed by atoms with van der Waals surface area (Å²) in [7, 11) is 1.80. The number of nitrogens with zero attached hydrogens (tertiary/aromatic N) is 2. The highest BCUT2D eigenvalue weighted by Gasteiger charge is 2.30. The molecule has 0 radical (unpaired) electrons. The van der Waals surface area contributed by atoms with Crippen molar-refractivity contribution >= 4 is 17.7 Å². The number of nitrogens with one attached hydrogen (secondary N) is 2. The van der Waals surface area contributed by atoms with Gasteiger partial charge in [0.25, 0.3) is 0 Å². The number of urea groups is 1. The number of carbonyl (C=O) groups excluding carboxylic acids is 1. The molecule has 1 aromatic rings. The number of aliphatic carboxylic acids is 1. The molecule has 2 atom stereocenters. The van der Waals surface area contributed by atoms with Crippen molar-refractivity contribution in [2.45, 2.75) is 38.6 Å². The SMILES string of the molecule is CCc1nn(C)cc1NC(=O)N[C@H]1CC[C@@H](C(=O)O)C1. The first-order chi connectivity index (χ1) is 9.49. The molecule has 2 rings (SSSR count). The highest BCUT2D eigenvalue weighted by atomic mass is 16.4. The lowest BCUT2D eigenvalue weighted by Crippen LogP contribution is -2.36. The number of amides is 2. The van der Waals surface area contributed by atoms with Crippen LogP contribution < -0.4 is 10.6 Å². The van der Waals surface area contributed by atoms with Crippen LogP contribution in [0.1, 0.15) is 31.9 Å². The van der Waals surface area contributed by atoms with E-state index in [4.69, 9.17) is 5.11 Å². The Morgan fingerprint density at radius 1 is 1.50 bits per heavy atom. The molecule has 0 saturated heterocycles. The number of anilines is 1. The third kappa shape index (κ3) is 3.28. The van der Waals surface area contributed by atoms with Crippen molar-refractivity contribution < 1.29 is 14.7 Å². The molecule has 0 spiro atoms. The Bertz CT molecular complexity index is 512. The minimum Gasteiger partial charge on any atom is -0.481 e. The second-order valence-corrected chi connectivity index (χ2v) is 5.16. The summed E-state index contributed by atoms with van der Waals surface area (Å²) < 4.78 is 1.66. The van der Waals surface area contributed by atoms with E-state index in [9.17, 15) is 9.59 Å². The second kappa shape index (κ2) is 5.94. The Hall–Kier alpha value is -2.05. The van der Waals surface area contributed by atoms with E-state index in [-0.39, 0.29) is 18.0 Å². The van der Waals surface area contributed by atoms with Gasteiger partial charge in [-0.15, -0.1) is 0 Å². The molecular formula is C13H20N4O3. The van der Waals surface area contributed by atoms with E-state index >= 15 is 0 Å². The predicted molar refractivity (Wildman–Crippen MR) is 73.5 cm³/mol. The molecule has 1 fully saturated rings. The van der Waals surface area contributed by atoms with Crippen LogP contribution in [0.3, 0.4) is 0 Å². The lowest BCUT2D eigenvalue weighted by molar-refractivity contribution is -0.141. The van der Waals surface area contributed by atoms with Crippen molar-refractivity contribution in [3.05, 3.63) is 11.9 Å². The topological polar surface area (TPSA) is 96.3 Å². The first-order valence-corrected chi connectivity index (χ1v) is 6.82. The molecular weight excluding hydrogens is 260 g/mol. The van der Waals surface area contributed by atoms with E-state index < -0.39 is 5.97 Å². The molecule has 1 heterocycles. The molecule has 20 heavy (non-hydrogen) atoms. The van der Waals surface area contributed by atoms with Gasteiger partial charge in [-0.25, -0.2) is 4.79 Å². The van der Waals surface area contributed by atoms with E-state index in [0.717, 1.165) is 12.1 Å². The van der Waals surface area contributed by atoms with E-state index in [2.05, 4.69) is 15.7 Å². The number of aryl methyl sites for hydroxylation is 2. The highest BCUT2D eigenvalue weighted by Crippen LogP contribution is 2.25. The molecule has 1 aromatic heterocycles. The smallest absolute Gasteiger partial charge is 0.319 e. The van der Waals surface area contributed by atoms with Crippen LogP contribution in [0.15, 0.2) is 6.20 Å². The second-order valence-electron chi connectivity index (χ2n) is 5.16. The average Bonchev–Trinajstić information content (AvgIpc) is 2.96. The van der Waals surface area contributed by atoms with Gasteiger partial charge in [-0.1, -0.05) is 6.92 Å². The fraction of sp³-hybridized carbons (Fsp3) is 0.615. The van der Waals surface area contributed by atoms with E-state index in [1.807, 2.05) is 6.92 Å². The summed E-state index contributed by atoms with van der Waals surface area (Å²) in [6, 6.07) is -0.374. The van der Waals surface area contributed by atoms with E-state index in [0.29, 0.717) is 24.9 Å². The molecule has 3 N–H and O–H groups in total. The number of hydrogen-bond acceptors (Lipinski definition) is 3. The zero-order valence-corrected chi connectivity index (χ0v) is 11.7. The van der Waals surface area contributed by atoms with Gasteiger partial charge in [0.15, 0.2) is 0 Å². The molecule has 2 amide bonds. The van der Waals surface area contributed by atoms with Crippen LogP contribution in [-0.2, 0) is 18.3 Å². The largest absolute Gasteiger partial charge is 0.481 e. The summed E-state index contributed by atoms with van der Waals surface area (Å²) in [5.74, 6) is -1.12. The molecule has 0 aromatic carbocycles. The third-order valence-electron chi connectivity index (χ3n) is 3.61. The molecule has 0 bridgehead atoms. The van der Waals surface area contributed by atoms with Gasteiger partial charge >= 0.3 is 12.0 Å². The minimum atomic E-state index is -0.782. The van der Waals surface area contributed by atoms with Crippen LogP contribution in [0.5, 0.6) is 0 Å². The fourth-order valence-corrected chi connectivity index (χ4v) is 2.58. The van der Waals surface area contributed by atoms with Crippen LogP contribution in [0, 0.1) is 5.92 Å². The van der Waals surface area contributed by atoms with Gasteiger partial charge in [0.05, 0.1) is 17.3 Å². The molecule has 1 aliphatic carbocycles. The maximum Gasteiger partial charge on any atom is 0.319 e. The zero-order chi connectivity index (χ0) is 14.7. The molecule has 7 heteroatoms. The van der Waals surface area contributed by atoms with Crippen molar-refractivity contribution in [2.24, 2.45) is 13.0 Å². The van der Waals surface area contributed by atoms with Gasteiger partial charge in [0.2, 0.25) is 0 Å². The summed E-state index contributed by atoms with van der Waals surface area (Å²) in [6.45, 7) is 1.97. The Morgan fingerprint density at radius 3 is 2.85 bits per heavy atom. The summed E-state index contributed by atoms with van der Waals surface area (Å²) in [4.78, 5) is 22.8. The van der Waals surface area contributed by atoms with Crippen LogP contribution in [0.2, 0.25) is 0 Å². The highest BCUT2D eigenvalue weighted by molar-refractivity contribution is 5.90.